The number of rotatable bonds is 3. The zero-order valence-corrected chi connectivity index (χ0v) is 12.9. The molecule has 1 saturated heterocycles. The predicted octanol–water partition coefficient (Wildman–Crippen LogP) is 1.31. The number of aryl methyl sites for hydroxylation is 1. The van der Waals surface area contributed by atoms with E-state index >= 15 is 0 Å². The van der Waals surface area contributed by atoms with Crippen LogP contribution in [0.5, 0.6) is 0 Å². The molecule has 2 N–H and O–H groups in total. The predicted molar refractivity (Wildman–Crippen MR) is 82.7 cm³/mol. The molecule has 3 amide bonds. The van der Waals surface area contributed by atoms with Crippen LogP contribution in [0.2, 0.25) is 0 Å². The molecule has 2 aromatic heterocycles. The summed E-state index contributed by atoms with van der Waals surface area (Å²) in [5.74, 6) is -0.218. The molecule has 1 aliphatic heterocycles. The third-order valence-electron chi connectivity index (χ3n) is 3.96. The number of urea groups is 1. The maximum absolute atomic E-state index is 12.3. The van der Waals surface area contributed by atoms with Gasteiger partial charge in [-0.3, -0.25) is 14.6 Å². The lowest BCUT2D eigenvalue weighted by molar-refractivity contribution is -0.123. The maximum atomic E-state index is 12.3. The summed E-state index contributed by atoms with van der Waals surface area (Å²) in [4.78, 5) is 31.2. The van der Waals surface area contributed by atoms with Crippen LogP contribution in [-0.4, -0.2) is 39.8 Å². The number of hydrogen-bond donors (Lipinski definition) is 1. The number of imidazole rings is 1. The summed E-state index contributed by atoms with van der Waals surface area (Å²) in [5, 5.41) is 0. The molecule has 0 radical (unpaired) electrons. The first-order chi connectivity index (χ1) is 10.4. The van der Waals surface area contributed by atoms with Crippen molar-refractivity contribution in [3.05, 3.63) is 29.7 Å². The van der Waals surface area contributed by atoms with Crippen LogP contribution in [0.3, 0.4) is 0 Å². The minimum atomic E-state index is -0.328. The number of amides is 3. The third-order valence-corrected chi connectivity index (χ3v) is 3.96. The number of aromatic nitrogens is 2. The molecule has 3 heterocycles. The number of pyridine rings is 1. The topological polar surface area (TPSA) is 83.9 Å². The second-order valence-corrected chi connectivity index (χ2v) is 5.59. The molecule has 0 aromatic carbocycles. The van der Waals surface area contributed by atoms with E-state index in [4.69, 9.17) is 5.73 Å². The zero-order valence-electron chi connectivity index (χ0n) is 12.9. The van der Waals surface area contributed by atoms with Gasteiger partial charge in [0.2, 0.25) is 5.91 Å². The van der Waals surface area contributed by atoms with E-state index in [0.717, 1.165) is 22.6 Å². The summed E-state index contributed by atoms with van der Waals surface area (Å²) in [7, 11) is 1.49. The Labute approximate surface area is 128 Å². The van der Waals surface area contributed by atoms with Gasteiger partial charge >= 0.3 is 6.03 Å². The number of likely N-dealkylation sites (N-methyl/N-ethyl adjacent to an activating group) is 1. The number of carbonyl (C=O) groups is 2. The fourth-order valence-corrected chi connectivity index (χ4v) is 2.55. The fraction of sp³-hybridized carbons (Fsp3) is 0.400. The molecule has 1 atom stereocenters. The number of carbonyl (C=O) groups excluding carboxylic acids is 2. The standard InChI is InChI=1S/C15H19N5O2/c1-4-10-5-12(20-8-13(21)18(3)15(20)22)14-17-11(9(2)16)7-19(14)6-10/h5-7,9H,4,8,16H2,1-3H3. The SMILES string of the molecule is CCc1cc(N2CC(=O)N(C)C2=O)c2nc(C(C)N)cn2c1. The lowest BCUT2D eigenvalue weighted by atomic mass is 10.2. The number of anilines is 1. The molecular weight excluding hydrogens is 282 g/mol. The van der Waals surface area contributed by atoms with Crippen LogP contribution >= 0.6 is 0 Å². The Morgan fingerprint density at radius 2 is 2.09 bits per heavy atom. The summed E-state index contributed by atoms with van der Waals surface area (Å²) in [6, 6.07) is 1.39. The monoisotopic (exact) mass is 301 g/mol. The molecule has 7 heteroatoms. The molecule has 1 fully saturated rings. The minimum absolute atomic E-state index is 0.0402. The van der Waals surface area contributed by atoms with Crippen LogP contribution < -0.4 is 10.6 Å². The molecule has 0 bridgehead atoms. The fourth-order valence-electron chi connectivity index (χ4n) is 2.55. The summed E-state index contributed by atoms with van der Waals surface area (Å²) >= 11 is 0. The molecule has 0 aliphatic carbocycles. The van der Waals surface area contributed by atoms with Gasteiger partial charge in [-0.1, -0.05) is 6.92 Å². The van der Waals surface area contributed by atoms with Crippen LogP contribution in [-0.2, 0) is 11.2 Å². The molecule has 2 aromatic rings. The van der Waals surface area contributed by atoms with Crippen LogP contribution in [0.25, 0.3) is 5.65 Å². The van der Waals surface area contributed by atoms with Crippen LogP contribution in [0.15, 0.2) is 18.5 Å². The molecule has 0 spiro atoms. The van der Waals surface area contributed by atoms with Gasteiger partial charge in [0, 0.05) is 25.5 Å². The second kappa shape index (κ2) is 5.10. The maximum Gasteiger partial charge on any atom is 0.331 e. The molecular formula is C15H19N5O2. The minimum Gasteiger partial charge on any atom is -0.323 e. The van der Waals surface area contributed by atoms with Crippen molar-refractivity contribution in [3.8, 4) is 0 Å². The zero-order chi connectivity index (χ0) is 16.0. The first kappa shape index (κ1) is 14.5. The second-order valence-electron chi connectivity index (χ2n) is 5.59. The van der Waals surface area contributed by atoms with Gasteiger partial charge in [-0.2, -0.15) is 0 Å². The van der Waals surface area contributed by atoms with Crippen molar-refractivity contribution in [2.24, 2.45) is 5.73 Å². The number of nitrogens with two attached hydrogens (primary N) is 1. The van der Waals surface area contributed by atoms with Crippen molar-refractivity contribution in [1.29, 1.82) is 0 Å². The summed E-state index contributed by atoms with van der Waals surface area (Å²) in [5.41, 5.74) is 9.00. The Morgan fingerprint density at radius 3 is 2.64 bits per heavy atom. The molecule has 1 aliphatic rings. The Balaban J connectivity index is 2.19. The van der Waals surface area contributed by atoms with Crippen molar-refractivity contribution in [3.63, 3.8) is 0 Å². The first-order valence-electron chi connectivity index (χ1n) is 7.27. The Hall–Kier alpha value is -2.41. The van der Waals surface area contributed by atoms with Crippen molar-refractivity contribution in [2.75, 3.05) is 18.5 Å². The average Bonchev–Trinajstić information content (AvgIpc) is 3.03. The van der Waals surface area contributed by atoms with Crippen LogP contribution in [0.4, 0.5) is 10.5 Å². The van der Waals surface area contributed by atoms with Crippen molar-refractivity contribution >= 4 is 23.3 Å². The highest BCUT2D eigenvalue weighted by Gasteiger charge is 2.35. The molecule has 116 valence electrons. The van der Waals surface area contributed by atoms with Crippen LogP contribution in [0.1, 0.15) is 31.1 Å². The average molecular weight is 301 g/mol. The van der Waals surface area contributed by atoms with E-state index in [1.807, 2.05) is 36.7 Å². The highest BCUT2D eigenvalue weighted by Crippen LogP contribution is 2.28. The van der Waals surface area contributed by atoms with Crippen molar-refractivity contribution in [1.82, 2.24) is 14.3 Å². The Bertz CT molecular complexity index is 765. The van der Waals surface area contributed by atoms with Gasteiger partial charge in [0.1, 0.15) is 6.54 Å². The molecule has 22 heavy (non-hydrogen) atoms. The highest BCUT2D eigenvalue weighted by atomic mass is 16.2. The lowest BCUT2D eigenvalue weighted by Crippen LogP contribution is -2.30. The number of imide groups is 1. The third kappa shape index (κ3) is 2.14. The molecule has 0 saturated carbocycles. The molecule has 3 rings (SSSR count). The van der Waals surface area contributed by atoms with E-state index in [9.17, 15) is 9.59 Å². The Kier molecular flexibility index (Phi) is 3.37. The van der Waals surface area contributed by atoms with Crippen LogP contribution in [0, 0.1) is 0 Å². The normalized spacial score (nSPS) is 16.9. The van der Waals surface area contributed by atoms with Gasteiger partial charge in [0.25, 0.3) is 0 Å². The van der Waals surface area contributed by atoms with Gasteiger partial charge in [0.15, 0.2) is 5.65 Å². The van der Waals surface area contributed by atoms with Crippen molar-refractivity contribution in [2.45, 2.75) is 26.3 Å². The van der Waals surface area contributed by atoms with E-state index in [2.05, 4.69) is 4.98 Å². The van der Waals surface area contributed by atoms with E-state index in [1.54, 1.807) is 0 Å². The van der Waals surface area contributed by atoms with Gasteiger partial charge in [-0.15, -0.1) is 0 Å². The highest BCUT2D eigenvalue weighted by molar-refractivity contribution is 6.13. The Morgan fingerprint density at radius 1 is 1.36 bits per heavy atom. The van der Waals surface area contributed by atoms with E-state index in [-0.39, 0.29) is 24.5 Å². The smallest absolute Gasteiger partial charge is 0.323 e. The number of fused-ring (bicyclic) bond motifs is 1. The van der Waals surface area contributed by atoms with E-state index < -0.39 is 0 Å². The summed E-state index contributed by atoms with van der Waals surface area (Å²) < 4.78 is 1.88. The number of nitrogens with zero attached hydrogens (tertiary/aromatic N) is 4. The van der Waals surface area contributed by atoms with Crippen molar-refractivity contribution < 1.29 is 9.59 Å². The number of hydrogen-bond acceptors (Lipinski definition) is 4. The summed E-state index contributed by atoms with van der Waals surface area (Å²) in [6.45, 7) is 3.94. The quantitative estimate of drug-likeness (QED) is 0.866. The van der Waals surface area contributed by atoms with Gasteiger partial charge < -0.3 is 10.1 Å². The molecule has 1 unspecified atom stereocenters. The van der Waals surface area contributed by atoms with E-state index in [1.165, 1.54) is 11.9 Å². The van der Waals surface area contributed by atoms with Gasteiger partial charge in [-0.25, -0.2) is 9.78 Å². The van der Waals surface area contributed by atoms with Gasteiger partial charge in [0.05, 0.1) is 11.4 Å². The summed E-state index contributed by atoms with van der Waals surface area (Å²) in [6.07, 6.45) is 4.67. The lowest BCUT2D eigenvalue weighted by Gasteiger charge is -2.16. The van der Waals surface area contributed by atoms with Gasteiger partial charge in [-0.05, 0) is 25.0 Å². The molecule has 7 nitrogen and oxygen atoms in total. The first-order valence-corrected chi connectivity index (χ1v) is 7.27. The van der Waals surface area contributed by atoms with E-state index in [0.29, 0.717) is 11.3 Å². The largest absolute Gasteiger partial charge is 0.331 e.